The van der Waals surface area contributed by atoms with Crippen LogP contribution in [0, 0.1) is 0 Å². The molecule has 16 heavy (non-hydrogen) atoms. The van der Waals surface area contributed by atoms with Crippen LogP contribution in [-0.2, 0) is 9.47 Å². The topological polar surface area (TPSA) is 51.1 Å². The van der Waals surface area contributed by atoms with E-state index in [1.54, 1.807) is 0 Å². The molecule has 1 aromatic carbocycles. The molecule has 1 aliphatic heterocycles. The van der Waals surface area contributed by atoms with Crippen molar-refractivity contribution in [3.63, 3.8) is 0 Å². The van der Waals surface area contributed by atoms with Gasteiger partial charge in [-0.1, -0.05) is 30.3 Å². The molecule has 1 aromatic rings. The quantitative estimate of drug-likeness (QED) is 0.480. The largest absolute Gasteiger partial charge is 0.411 e. The van der Waals surface area contributed by atoms with Gasteiger partial charge in [0, 0.05) is 12.3 Å². The Balaban J connectivity index is 2.05. The Kier molecular flexibility index (Phi) is 3.91. The lowest BCUT2D eigenvalue weighted by Gasteiger charge is -2.15. The third-order valence-corrected chi connectivity index (χ3v) is 2.61. The van der Waals surface area contributed by atoms with Crippen LogP contribution in [-0.4, -0.2) is 30.9 Å². The summed E-state index contributed by atoms with van der Waals surface area (Å²) in [5, 5.41) is 11.8. The molecule has 4 heteroatoms. The molecule has 0 amide bonds. The standard InChI is InChI=1S/C12H15NO3/c14-13-9-11(8-12-15-6-7-16-12)10-4-2-1-3-5-10/h1-5,9,11-12,14H,6-8H2/b13-9+/t11-/m1/s1. The number of rotatable bonds is 4. The average Bonchev–Trinajstić information content (AvgIpc) is 2.83. The third-order valence-electron chi connectivity index (χ3n) is 2.61. The Labute approximate surface area is 94.5 Å². The fourth-order valence-corrected chi connectivity index (χ4v) is 1.81. The molecule has 0 radical (unpaired) electrons. The molecule has 86 valence electrons. The fraction of sp³-hybridized carbons (Fsp3) is 0.417. The molecule has 0 bridgehead atoms. The molecule has 0 aliphatic carbocycles. The first-order valence-electron chi connectivity index (χ1n) is 5.36. The zero-order chi connectivity index (χ0) is 11.2. The Morgan fingerprint density at radius 2 is 2.00 bits per heavy atom. The molecule has 1 saturated heterocycles. The maximum absolute atomic E-state index is 8.66. The van der Waals surface area contributed by atoms with Gasteiger partial charge in [0.25, 0.3) is 0 Å². The molecule has 1 aliphatic rings. The van der Waals surface area contributed by atoms with Crippen molar-refractivity contribution in [1.29, 1.82) is 0 Å². The molecule has 1 atom stereocenters. The minimum atomic E-state index is -0.191. The van der Waals surface area contributed by atoms with Gasteiger partial charge < -0.3 is 14.7 Å². The van der Waals surface area contributed by atoms with E-state index in [4.69, 9.17) is 14.7 Å². The highest BCUT2D eigenvalue weighted by molar-refractivity contribution is 5.67. The van der Waals surface area contributed by atoms with Gasteiger partial charge in [0.1, 0.15) is 0 Å². The van der Waals surface area contributed by atoms with E-state index in [0.717, 1.165) is 5.56 Å². The fourth-order valence-electron chi connectivity index (χ4n) is 1.81. The van der Waals surface area contributed by atoms with Crippen LogP contribution < -0.4 is 0 Å². The van der Waals surface area contributed by atoms with Gasteiger partial charge in [0.15, 0.2) is 6.29 Å². The molecular formula is C12H15NO3. The van der Waals surface area contributed by atoms with E-state index in [2.05, 4.69) is 5.16 Å². The zero-order valence-corrected chi connectivity index (χ0v) is 8.95. The molecule has 0 unspecified atom stereocenters. The van der Waals surface area contributed by atoms with Crippen LogP contribution in [0.25, 0.3) is 0 Å². The summed E-state index contributed by atoms with van der Waals surface area (Å²) in [6.07, 6.45) is 2.00. The lowest BCUT2D eigenvalue weighted by molar-refractivity contribution is -0.0476. The predicted octanol–water partition coefficient (Wildman–Crippen LogP) is 1.99. The Morgan fingerprint density at radius 3 is 2.62 bits per heavy atom. The summed E-state index contributed by atoms with van der Waals surface area (Å²) in [6, 6.07) is 9.88. The van der Waals surface area contributed by atoms with E-state index in [1.165, 1.54) is 6.21 Å². The molecule has 0 saturated carbocycles. The molecule has 2 rings (SSSR count). The predicted molar refractivity (Wildman–Crippen MR) is 59.8 cm³/mol. The second-order valence-corrected chi connectivity index (χ2v) is 3.69. The highest BCUT2D eigenvalue weighted by Gasteiger charge is 2.21. The van der Waals surface area contributed by atoms with E-state index in [1.807, 2.05) is 30.3 Å². The van der Waals surface area contributed by atoms with Crippen LogP contribution in [0.4, 0.5) is 0 Å². The summed E-state index contributed by atoms with van der Waals surface area (Å²) in [6.45, 7) is 1.28. The van der Waals surface area contributed by atoms with Gasteiger partial charge in [-0.2, -0.15) is 0 Å². The van der Waals surface area contributed by atoms with Crippen molar-refractivity contribution >= 4 is 6.21 Å². The first-order valence-corrected chi connectivity index (χ1v) is 5.36. The maximum Gasteiger partial charge on any atom is 0.158 e. The summed E-state index contributed by atoms with van der Waals surface area (Å²) in [5.74, 6) is 0.0225. The number of benzene rings is 1. The van der Waals surface area contributed by atoms with Crippen molar-refractivity contribution in [3.8, 4) is 0 Å². The first-order chi connectivity index (χ1) is 7.90. The minimum absolute atomic E-state index is 0.0225. The molecule has 0 spiro atoms. The summed E-state index contributed by atoms with van der Waals surface area (Å²) in [4.78, 5) is 0. The summed E-state index contributed by atoms with van der Waals surface area (Å²) in [7, 11) is 0. The number of ether oxygens (including phenoxy) is 2. The molecule has 1 heterocycles. The van der Waals surface area contributed by atoms with Crippen LogP contribution in [0.3, 0.4) is 0 Å². The van der Waals surface area contributed by atoms with Gasteiger partial charge in [0.2, 0.25) is 0 Å². The number of hydrogen-bond acceptors (Lipinski definition) is 4. The monoisotopic (exact) mass is 221 g/mol. The average molecular weight is 221 g/mol. The van der Waals surface area contributed by atoms with Gasteiger partial charge in [-0.05, 0) is 5.56 Å². The van der Waals surface area contributed by atoms with E-state index in [-0.39, 0.29) is 12.2 Å². The summed E-state index contributed by atoms with van der Waals surface area (Å²) in [5.41, 5.74) is 1.10. The molecule has 1 fully saturated rings. The maximum atomic E-state index is 8.66. The van der Waals surface area contributed by atoms with Crippen molar-refractivity contribution in [2.75, 3.05) is 13.2 Å². The molecular weight excluding hydrogens is 206 g/mol. The zero-order valence-electron chi connectivity index (χ0n) is 8.95. The van der Waals surface area contributed by atoms with Gasteiger partial charge in [-0.15, -0.1) is 5.16 Å². The van der Waals surface area contributed by atoms with E-state index in [9.17, 15) is 0 Å². The molecule has 1 N–H and O–H groups in total. The highest BCUT2D eigenvalue weighted by atomic mass is 16.7. The van der Waals surface area contributed by atoms with E-state index < -0.39 is 0 Å². The Hall–Kier alpha value is -1.39. The van der Waals surface area contributed by atoms with Crippen LogP contribution in [0.5, 0.6) is 0 Å². The SMILES string of the molecule is O/N=C/[C@@H](CC1OCCO1)c1ccccc1. The number of nitrogens with zero attached hydrogens (tertiary/aromatic N) is 1. The Morgan fingerprint density at radius 1 is 1.31 bits per heavy atom. The molecule has 0 aromatic heterocycles. The van der Waals surface area contributed by atoms with Gasteiger partial charge in [0.05, 0.1) is 19.4 Å². The second-order valence-electron chi connectivity index (χ2n) is 3.69. The smallest absolute Gasteiger partial charge is 0.158 e. The van der Waals surface area contributed by atoms with Crippen molar-refractivity contribution in [2.24, 2.45) is 5.16 Å². The van der Waals surface area contributed by atoms with Crippen LogP contribution >= 0.6 is 0 Å². The van der Waals surface area contributed by atoms with Crippen molar-refractivity contribution < 1.29 is 14.7 Å². The number of hydrogen-bond donors (Lipinski definition) is 1. The van der Waals surface area contributed by atoms with Crippen LogP contribution in [0.1, 0.15) is 17.9 Å². The van der Waals surface area contributed by atoms with Gasteiger partial charge in [-0.25, -0.2) is 0 Å². The van der Waals surface area contributed by atoms with Gasteiger partial charge >= 0.3 is 0 Å². The highest BCUT2D eigenvalue weighted by Crippen LogP contribution is 2.22. The summed E-state index contributed by atoms with van der Waals surface area (Å²) < 4.78 is 10.8. The minimum Gasteiger partial charge on any atom is -0.411 e. The van der Waals surface area contributed by atoms with Crippen molar-refractivity contribution in [1.82, 2.24) is 0 Å². The third kappa shape index (κ3) is 2.81. The van der Waals surface area contributed by atoms with Gasteiger partial charge in [-0.3, -0.25) is 0 Å². The van der Waals surface area contributed by atoms with Crippen LogP contribution in [0.15, 0.2) is 35.5 Å². The molecule has 4 nitrogen and oxygen atoms in total. The lowest BCUT2D eigenvalue weighted by Crippen LogP contribution is -2.14. The normalized spacial score (nSPS) is 19.2. The van der Waals surface area contributed by atoms with Crippen molar-refractivity contribution in [2.45, 2.75) is 18.6 Å². The lowest BCUT2D eigenvalue weighted by atomic mass is 9.97. The van der Waals surface area contributed by atoms with E-state index in [0.29, 0.717) is 19.6 Å². The second kappa shape index (κ2) is 5.63. The first kappa shape index (κ1) is 11.1. The number of oxime groups is 1. The Bertz CT molecular complexity index is 333. The van der Waals surface area contributed by atoms with Crippen molar-refractivity contribution in [3.05, 3.63) is 35.9 Å². The van der Waals surface area contributed by atoms with Crippen LogP contribution in [0.2, 0.25) is 0 Å². The summed E-state index contributed by atoms with van der Waals surface area (Å²) >= 11 is 0. The van der Waals surface area contributed by atoms with E-state index >= 15 is 0 Å².